The van der Waals surface area contributed by atoms with E-state index in [1.807, 2.05) is 13.8 Å². The lowest BCUT2D eigenvalue weighted by Crippen LogP contribution is -2.56. The van der Waals surface area contributed by atoms with Gasteiger partial charge in [0, 0.05) is 26.2 Å². The van der Waals surface area contributed by atoms with Crippen LogP contribution >= 0.6 is 0 Å². The average molecular weight is 221 g/mol. The molecule has 1 saturated heterocycles. The lowest BCUT2D eigenvalue weighted by atomic mass is 10.0. The van der Waals surface area contributed by atoms with Crippen LogP contribution in [0.2, 0.25) is 0 Å². The van der Waals surface area contributed by atoms with Gasteiger partial charge in [-0.3, -0.25) is 0 Å². The van der Waals surface area contributed by atoms with Crippen LogP contribution in [0.25, 0.3) is 0 Å². The highest BCUT2D eigenvalue weighted by atomic mass is 32.2. The van der Waals surface area contributed by atoms with E-state index in [-0.39, 0.29) is 0 Å². The average Bonchev–Trinajstić information content (AvgIpc) is 2.03. The smallest absolute Gasteiger partial charge is 0.281 e. The van der Waals surface area contributed by atoms with Crippen LogP contribution < -0.4 is 5.73 Å². The predicted molar refractivity (Wildman–Crippen MR) is 56.0 cm³/mol. The number of nitrogens with two attached hydrogens (primary N) is 1. The van der Waals surface area contributed by atoms with Crippen LogP contribution in [0.4, 0.5) is 0 Å². The molecule has 1 rings (SSSR count). The molecule has 1 heterocycles. The second-order valence-electron chi connectivity index (χ2n) is 3.51. The second-order valence-corrected chi connectivity index (χ2v) is 5.44. The fraction of sp³-hybridized carbons (Fsp3) is 1.00. The van der Waals surface area contributed by atoms with Gasteiger partial charge in [-0.05, 0) is 12.5 Å². The van der Waals surface area contributed by atoms with Crippen molar-refractivity contribution in [1.29, 1.82) is 0 Å². The quantitative estimate of drug-likeness (QED) is 0.678. The van der Waals surface area contributed by atoms with Crippen molar-refractivity contribution in [3.8, 4) is 0 Å². The molecule has 0 aromatic carbocycles. The van der Waals surface area contributed by atoms with Crippen LogP contribution in [-0.4, -0.2) is 49.8 Å². The van der Waals surface area contributed by atoms with Gasteiger partial charge in [0.1, 0.15) is 0 Å². The SMILES string of the molecule is CCN(CC)S(=O)(=O)N1CC(CN)C1. The first-order valence-electron chi connectivity index (χ1n) is 5.01. The highest BCUT2D eigenvalue weighted by molar-refractivity contribution is 7.86. The van der Waals surface area contributed by atoms with Crippen molar-refractivity contribution < 1.29 is 8.42 Å². The summed E-state index contributed by atoms with van der Waals surface area (Å²) in [5, 5.41) is 0. The van der Waals surface area contributed by atoms with Crippen molar-refractivity contribution in [1.82, 2.24) is 8.61 Å². The van der Waals surface area contributed by atoms with Gasteiger partial charge in [0.25, 0.3) is 10.2 Å². The minimum absolute atomic E-state index is 0.348. The van der Waals surface area contributed by atoms with Crippen LogP contribution in [0.15, 0.2) is 0 Å². The lowest BCUT2D eigenvalue weighted by Gasteiger charge is -2.39. The van der Waals surface area contributed by atoms with E-state index in [4.69, 9.17) is 5.73 Å². The first-order valence-corrected chi connectivity index (χ1v) is 6.41. The van der Waals surface area contributed by atoms with Crippen LogP contribution in [-0.2, 0) is 10.2 Å². The van der Waals surface area contributed by atoms with Crippen molar-refractivity contribution >= 4 is 10.2 Å². The Labute approximate surface area is 86.0 Å². The molecule has 5 nitrogen and oxygen atoms in total. The largest absolute Gasteiger partial charge is 0.330 e. The Kier molecular flexibility index (Phi) is 3.88. The number of nitrogens with zero attached hydrogens (tertiary/aromatic N) is 2. The molecule has 2 N–H and O–H groups in total. The topological polar surface area (TPSA) is 66.6 Å². The lowest BCUT2D eigenvalue weighted by molar-refractivity contribution is 0.192. The number of hydrogen-bond donors (Lipinski definition) is 1. The number of hydrogen-bond acceptors (Lipinski definition) is 3. The van der Waals surface area contributed by atoms with Gasteiger partial charge in [-0.25, -0.2) is 0 Å². The van der Waals surface area contributed by atoms with E-state index in [9.17, 15) is 8.42 Å². The van der Waals surface area contributed by atoms with E-state index in [1.54, 1.807) is 0 Å². The van der Waals surface area contributed by atoms with Gasteiger partial charge in [0.05, 0.1) is 0 Å². The molecule has 84 valence electrons. The molecule has 1 fully saturated rings. The van der Waals surface area contributed by atoms with Crippen molar-refractivity contribution in [3.63, 3.8) is 0 Å². The van der Waals surface area contributed by atoms with Gasteiger partial charge >= 0.3 is 0 Å². The highest BCUT2D eigenvalue weighted by Gasteiger charge is 2.37. The molecule has 0 bridgehead atoms. The molecule has 0 unspecified atom stereocenters. The fourth-order valence-corrected chi connectivity index (χ4v) is 3.35. The van der Waals surface area contributed by atoms with Gasteiger partial charge in [-0.2, -0.15) is 17.0 Å². The Morgan fingerprint density at radius 2 is 1.86 bits per heavy atom. The second kappa shape index (κ2) is 4.57. The molecule has 1 aliphatic rings. The van der Waals surface area contributed by atoms with Crippen LogP contribution in [0.1, 0.15) is 13.8 Å². The summed E-state index contributed by atoms with van der Waals surface area (Å²) in [5.41, 5.74) is 5.45. The van der Waals surface area contributed by atoms with Crippen molar-refractivity contribution in [2.24, 2.45) is 11.7 Å². The molecular formula is C8H19N3O2S. The Bertz CT molecular complexity index is 268. The summed E-state index contributed by atoms with van der Waals surface area (Å²) in [6.07, 6.45) is 0. The standard InChI is InChI=1S/C8H19N3O2S/c1-3-10(4-2)14(12,13)11-6-8(5-9)7-11/h8H,3-7,9H2,1-2H3. The summed E-state index contributed by atoms with van der Waals surface area (Å²) in [6, 6.07) is 0. The minimum atomic E-state index is -3.20. The molecule has 6 heteroatoms. The van der Waals surface area contributed by atoms with E-state index in [2.05, 4.69) is 0 Å². The zero-order valence-corrected chi connectivity index (χ0v) is 9.63. The van der Waals surface area contributed by atoms with E-state index >= 15 is 0 Å². The van der Waals surface area contributed by atoms with Crippen molar-refractivity contribution in [3.05, 3.63) is 0 Å². The maximum atomic E-state index is 11.8. The van der Waals surface area contributed by atoms with Crippen molar-refractivity contribution in [2.75, 3.05) is 32.7 Å². The Morgan fingerprint density at radius 3 is 2.21 bits per heavy atom. The molecule has 14 heavy (non-hydrogen) atoms. The Morgan fingerprint density at radius 1 is 1.36 bits per heavy atom. The first-order chi connectivity index (χ1) is 6.56. The maximum absolute atomic E-state index is 11.8. The minimum Gasteiger partial charge on any atom is -0.330 e. The van der Waals surface area contributed by atoms with Gasteiger partial charge in [-0.1, -0.05) is 13.8 Å². The summed E-state index contributed by atoms with van der Waals surface area (Å²) in [7, 11) is -3.20. The van der Waals surface area contributed by atoms with Crippen LogP contribution in [0.5, 0.6) is 0 Å². The van der Waals surface area contributed by atoms with Gasteiger partial charge < -0.3 is 5.73 Å². The van der Waals surface area contributed by atoms with Gasteiger partial charge in [0.2, 0.25) is 0 Å². The summed E-state index contributed by atoms with van der Waals surface area (Å²) < 4.78 is 26.7. The first kappa shape index (κ1) is 11.9. The normalized spacial score (nSPS) is 20.0. The van der Waals surface area contributed by atoms with Crippen LogP contribution in [0, 0.1) is 5.92 Å². The third-order valence-electron chi connectivity index (χ3n) is 2.61. The monoisotopic (exact) mass is 221 g/mol. The third-order valence-corrected chi connectivity index (χ3v) is 4.73. The third kappa shape index (κ3) is 2.08. The molecule has 0 saturated carbocycles. The van der Waals surface area contributed by atoms with E-state index in [1.165, 1.54) is 8.61 Å². The fourth-order valence-electron chi connectivity index (χ4n) is 1.57. The van der Waals surface area contributed by atoms with E-state index < -0.39 is 10.2 Å². The summed E-state index contributed by atoms with van der Waals surface area (Å²) in [4.78, 5) is 0. The Hall–Kier alpha value is -0.170. The van der Waals surface area contributed by atoms with E-state index in [0.717, 1.165) is 0 Å². The highest BCUT2D eigenvalue weighted by Crippen LogP contribution is 2.20. The van der Waals surface area contributed by atoms with Gasteiger partial charge in [0.15, 0.2) is 0 Å². The zero-order valence-electron chi connectivity index (χ0n) is 8.81. The van der Waals surface area contributed by atoms with Gasteiger partial charge in [-0.15, -0.1) is 0 Å². The van der Waals surface area contributed by atoms with Crippen molar-refractivity contribution in [2.45, 2.75) is 13.8 Å². The van der Waals surface area contributed by atoms with Crippen LogP contribution in [0.3, 0.4) is 0 Å². The zero-order chi connectivity index (χ0) is 10.8. The molecule has 0 aromatic heterocycles. The summed E-state index contributed by atoms with van der Waals surface area (Å²) in [5.74, 6) is 0.348. The molecule has 0 aromatic rings. The summed E-state index contributed by atoms with van der Waals surface area (Å²) >= 11 is 0. The summed E-state index contributed by atoms with van der Waals surface area (Å²) in [6.45, 7) is 6.49. The van der Waals surface area contributed by atoms with E-state index in [0.29, 0.717) is 38.6 Å². The number of rotatable bonds is 5. The molecule has 0 spiro atoms. The molecular weight excluding hydrogens is 202 g/mol. The molecule has 1 aliphatic heterocycles. The molecule has 0 radical (unpaired) electrons. The molecule has 0 atom stereocenters. The Balaban J connectivity index is 2.59. The molecule has 0 aliphatic carbocycles. The molecule has 0 amide bonds. The maximum Gasteiger partial charge on any atom is 0.281 e. The predicted octanol–water partition coefficient (Wildman–Crippen LogP) is -0.536.